The maximum Gasteiger partial charge on any atom is 0.303 e. The first-order valence-corrected chi connectivity index (χ1v) is 11.7. The summed E-state index contributed by atoms with van der Waals surface area (Å²) in [6.45, 7) is 16.7. The van der Waals surface area contributed by atoms with E-state index in [1.54, 1.807) is 6.92 Å². The highest BCUT2D eigenvalue weighted by molar-refractivity contribution is 5.93. The second-order valence-corrected chi connectivity index (χ2v) is 10.4. The Morgan fingerprint density at radius 3 is 2.48 bits per heavy atom. The summed E-state index contributed by atoms with van der Waals surface area (Å²) in [5.74, 6) is 1.16. The molecule has 0 aromatic rings. The third-order valence-electron chi connectivity index (χ3n) is 8.79. The fourth-order valence-electron chi connectivity index (χ4n) is 7.44. The topological polar surface area (TPSA) is 52.6 Å². The van der Waals surface area contributed by atoms with Gasteiger partial charge < -0.3 is 9.47 Å². The van der Waals surface area contributed by atoms with Gasteiger partial charge in [-0.2, -0.15) is 0 Å². The highest BCUT2D eigenvalue weighted by Gasteiger charge is 2.68. The number of allylic oxidation sites excluding steroid dienone is 6. The van der Waals surface area contributed by atoms with Gasteiger partial charge in [0.15, 0.2) is 11.4 Å². The molecular formula is C27H36O4. The minimum absolute atomic E-state index is 0.0698. The number of rotatable bonds is 4. The molecule has 0 N–H and O–H groups in total. The van der Waals surface area contributed by atoms with Gasteiger partial charge in [-0.15, -0.1) is 0 Å². The average Bonchev–Trinajstić information content (AvgIpc) is 2.91. The summed E-state index contributed by atoms with van der Waals surface area (Å²) in [7, 11) is 0. The minimum Gasteiger partial charge on any atom is -0.498 e. The van der Waals surface area contributed by atoms with E-state index >= 15 is 0 Å². The fraction of sp³-hybridized carbons (Fsp3) is 0.630. The van der Waals surface area contributed by atoms with Gasteiger partial charge in [-0.3, -0.25) is 9.59 Å². The first-order valence-electron chi connectivity index (χ1n) is 11.7. The summed E-state index contributed by atoms with van der Waals surface area (Å²) >= 11 is 0. The molecule has 0 aromatic heterocycles. The number of ketones is 1. The Hall–Kier alpha value is -2.10. The maximum absolute atomic E-state index is 13.0. The number of hydrogen-bond acceptors (Lipinski definition) is 4. The Morgan fingerprint density at radius 2 is 1.87 bits per heavy atom. The zero-order valence-corrected chi connectivity index (χ0v) is 19.9. The lowest BCUT2D eigenvalue weighted by molar-refractivity contribution is -0.175. The van der Waals surface area contributed by atoms with Gasteiger partial charge in [0, 0.05) is 18.8 Å². The standard InChI is InChI=1S/C27H36O4/c1-8-30-20-9-11-25(6)22-10-12-26(7)24(21(22)13-16(2)23(25)15-20)14-17(3)27(26,18(4)28)31-19(5)29/h13,15,22,24H,3,8-12,14H2,1-2,4-7H3/t22-,24-,25+,26-,27-/m0/s1. The second kappa shape index (κ2) is 7.21. The van der Waals surface area contributed by atoms with Crippen LogP contribution in [0.1, 0.15) is 73.6 Å². The van der Waals surface area contributed by atoms with Crippen LogP contribution in [0.4, 0.5) is 0 Å². The van der Waals surface area contributed by atoms with Crippen molar-refractivity contribution in [3.8, 4) is 0 Å². The number of Topliss-reactive ketones (excluding diaryl/α,β-unsaturated/α-hetero) is 1. The van der Waals surface area contributed by atoms with Crippen LogP contribution in [0.3, 0.4) is 0 Å². The van der Waals surface area contributed by atoms with Crippen LogP contribution in [-0.4, -0.2) is 24.0 Å². The SMILES string of the molecule is C=C1C[C@H]2C3=CC(C)=C4C=C(OCC)CC[C@]4(C)[C@H]3CC[C@]2(C)[C@@]1(OC(C)=O)C(C)=O. The predicted molar refractivity (Wildman–Crippen MR) is 121 cm³/mol. The second-order valence-electron chi connectivity index (χ2n) is 10.4. The Balaban J connectivity index is 1.83. The molecule has 168 valence electrons. The van der Waals surface area contributed by atoms with E-state index in [4.69, 9.17) is 9.47 Å². The molecule has 2 fully saturated rings. The van der Waals surface area contributed by atoms with E-state index in [0.29, 0.717) is 18.9 Å². The van der Waals surface area contributed by atoms with Crippen molar-refractivity contribution < 1.29 is 19.1 Å². The Labute approximate surface area is 186 Å². The molecule has 4 nitrogen and oxygen atoms in total. The summed E-state index contributed by atoms with van der Waals surface area (Å²) in [6.07, 6.45) is 9.18. The lowest BCUT2D eigenvalue weighted by atomic mass is 9.49. The zero-order valence-electron chi connectivity index (χ0n) is 19.9. The first-order chi connectivity index (χ1) is 14.5. The highest BCUT2D eigenvalue weighted by atomic mass is 16.6. The molecule has 0 amide bonds. The van der Waals surface area contributed by atoms with Crippen LogP contribution >= 0.6 is 0 Å². The van der Waals surface area contributed by atoms with Crippen LogP contribution < -0.4 is 0 Å². The first kappa shape index (κ1) is 22.1. The van der Waals surface area contributed by atoms with E-state index < -0.39 is 17.0 Å². The monoisotopic (exact) mass is 424 g/mol. The summed E-state index contributed by atoms with van der Waals surface area (Å²) in [5.41, 5.74) is 3.25. The normalized spacial score (nSPS) is 39.1. The largest absolute Gasteiger partial charge is 0.498 e. The van der Waals surface area contributed by atoms with Crippen molar-refractivity contribution in [2.45, 2.75) is 79.2 Å². The van der Waals surface area contributed by atoms with Crippen LogP contribution in [0.15, 0.2) is 46.8 Å². The molecule has 2 saturated carbocycles. The van der Waals surface area contributed by atoms with Crippen LogP contribution in [0.25, 0.3) is 0 Å². The summed E-state index contributed by atoms with van der Waals surface area (Å²) in [5, 5.41) is 0. The van der Waals surface area contributed by atoms with Crippen molar-refractivity contribution in [3.05, 3.63) is 46.8 Å². The predicted octanol–water partition coefficient (Wildman–Crippen LogP) is 5.85. The van der Waals surface area contributed by atoms with Crippen molar-refractivity contribution in [2.24, 2.45) is 22.7 Å². The maximum atomic E-state index is 13.0. The number of ether oxygens (including phenoxy) is 2. The molecule has 0 saturated heterocycles. The molecular weight excluding hydrogens is 388 g/mol. The number of hydrogen-bond donors (Lipinski definition) is 0. The van der Waals surface area contributed by atoms with E-state index in [0.717, 1.165) is 37.0 Å². The van der Waals surface area contributed by atoms with Gasteiger partial charge >= 0.3 is 5.97 Å². The molecule has 0 aromatic carbocycles. The molecule has 4 aliphatic rings. The molecule has 0 spiro atoms. The molecule has 0 heterocycles. The smallest absolute Gasteiger partial charge is 0.303 e. The molecule has 5 atom stereocenters. The minimum atomic E-state index is -1.22. The Morgan fingerprint density at radius 1 is 1.16 bits per heavy atom. The van der Waals surface area contributed by atoms with Crippen LogP contribution in [0.2, 0.25) is 0 Å². The van der Waals surface area contributed by atoms with E-state index in [1.807, 2.05) is 6.92 Å². The molecule has 0 aliphatic heterocycles. The Kier molecular flexibility index (Phi) is 5.14. The van der Waals surface area contributed by atoms with Gasteiger partial charge in [-0.1, -0.05) is 32.1 Å². The van der Waals surface area contributed by atoms with Gasteiger partial charge in [0.05, 0.1) is 12.4 Å². The number of carbonyl (C=O) groups is 2. The molecule has 0 unspecified atom stereocenters. The zero-order chi connectivity index (χ0) is 22.8. The van der Waals surface area contributed by atoms with Gasteiger partial charge in [0.2, 0.25) is 0 Å². The molecule has 4 aliphatic carbocycles. The molecule has 4 rings (SSSR count). The summed E-state index contributed by atoms with van der Waals surface area (Å²) in [4.78, 5) is 25.1. The van der Waals surface area contributed by atoms with Gasteiger partial charge in [-0.05, 0) is 86.5 Å². The van der Waals surface area contributed by atoms with Crippen LogP contribution in [-0.2, 0) is 19.1 Å². The van der Waals surface area contributed by atoms with Crippen LogP contribution in [0.5, 0.6) is 0 Å². The van der Waals surface area contributed by atoms with Gasteiger partial charge in [-0.25, -0.2) is 0 Å². The quantitative estimate of drug-likeness (QED) is 0.420. The third-order valence-corrected chi connectivity index (χ3v) is 8.79. The number of carbonyl (C=O) groups excluding carboxylic acids is 2. The van der Waals surface area contributed by atoms with Crippen molar-refractivity contribution in [2.75, 3.05) is 6.61 Å². The molecule has 0 radical (unpaired) electrons. The van der Waals surface area contributed by atoms with Gasteiger partial charge in [0.1, 0.15) is 0 Å². The third kappa shape index (κ3) is 2.86. The lowest BCUT2D eigenvalue weighted by Gasteiger charge is -2.55. The van der Waals surface area contributed by atoms with E-state index in [9.17, 15) is 9.59 Å². The van der Waals surface area contributed by atoms with E-state index in [1.165, 1.54) is 23.6 Å². The van der Waals surface area contributed by atoms with Crippen molar-refractivity contribution in [3.63, 3.8) is 0 Å². The average molecular weight is 425 g/mol. The Bertz CT molecular complexity index is 950. The van der Waals surface area contributed by atoms with Crippen LogP contribution in [0, 0.1) is 22.7 Å². The van der Waals surface area contributed by atoms with Crippen molar-refractivity contribution >= 4 is 11.8 Å². The lowest BCUT2D eigenvalue weighted by Crippen LogP contribution is -2.57. The van der Waals surface area contributed by atoms with Crippen molar-refractivity contribution in [1.29, 1.82) is 0 Å². The number of esters is 1. The molecule has 31 heavy (non-hydrogen) atoms. The number of fused-ring (bicyclic) bond motifs is 5. The summed E-state index contributed by atoms with van der Waals surface area (Å²) in [6, 6.07) is 0. The van der Waals surface area contributed by atoms with E-state index in [2.05, 4.69) is 39.5 Å². The summed E-state index contributed by atoms with van der Waals surface area (Å²) < 4.78 is 11.7. The fourth-order valence-corrected chi connectivity index (χ4v) is 7.44. The molecule has 0 bridgehead atoms. The molecule has 4 heteroatoms. The van der Waals surface area contributed by atoms with E-state index in [-0.39, 0.29) is 17.1 Å². The highest BCUT2D eigenvalue weighted by Crippen LogP contribution is 2.68. The van der Waals surface area contributed by atoms with Crippen molar-refractivity contribution in [1.82, 2.24) is 0 Å². The van der Waals surface area contributed by atoms with Gasteiger partial charge in [0.25, 0.3) is 0 Å².